The highest BCUT2D eigenvalue weighted by atomic mass is 16.5. The number of piperazine rings is 1. The van der Waals surface area contributed by atoms with Gasteiger partial charge in [0.05, 0.1) is 12.9 Å². The second kappa shape index (κ2) is 10.8. The van der Waals surface area contributed by atoms with Gasteiger partial charge >= 0.3 is 0 Å². The van der Waals surface area contributed by atoms with Gasteiger partial charge in [0, 0.05) is 73.8 Å². The lowest BCUT2D eigenvalue weighted by molar-refractivity contribution is -0.127. The summed E-state index contributed by atoms with van der Waals surface area (Å²) < 4.78 is 11.8. The molecule has 0 N–H and O–H groups in total. The number of nitrogens with zero attached hydrogens (tertiary/aromatic N) is 3. The van der Waals surface area contributed by atoms with E-state index in [1.54, 1.807) is 12.3 Å². The number of aromatic nitrogens is 1. The Balaban J connectivity index is 1.35. The average molecular weight is 482 g/mol. The molecule has 0 bridgehead atoms. The van der Waals surface area contributed by atoms with Crippen molar-refractivity contribution >= 4 is 22.4 Å². The van der Waals surface area contributed by atoms with Gasteiger partial charge in [-0.2, -0.15) is 0 Å². The molecular weight excluding hydrogens is 450 g/mol. The lowest BCUT2D eigenvalue weighted by Crippen LogP contribution is -2.47. The van der Waals surface area contributed by atoms with Crippen LogP contribution in [0.25, 0.3) is 27.7 Å². The molecule has 184 valence electrons. The Morgan fingerprint density at radius 1 is 1.06 bits per heavy atom. The molecule has 0 unspecified atom stereocenters. The minimum Gasteiger partial charge on any atom is -0.493 e. The van der Waals surface area contributed by atoms with Crippen LogP contribution < -0.4 is 4.74 Å². The number of carbonyl (C=O) groups excluding carboxylic acids is 1. The average Bonchev–Trinajstić information content (AvgIpc) is 3.33. The summed E-state index contributed by atoms with van der Waals surface area (Å²) >= 11 is 0. The van der Waals surface area contributed by atoms with Crippen LogP contribution >= 0.6 is 0 Å². The second-order valence-corrected chi connectivity index (χ2v) is 9.08. The number of pyridine rings is 1. The number of fused-ring (bicyclic) bond motifs is 1. The molecule has 6 heteroatoms. The highest BCUT2D eigenvalue weighted by Crippen LogP contribution is 2.37. The lowest BCUT2D eigenvalue weighted by Gasteiger charge is -2.34. The normalized spacial score (nSPS) is 14.8. The zero-order valence-electron chi connectivity index (χ0n) is 20.8. The second-order valence-electron chi connectivity index (χ2n) is 9.08. The van der Waals surface area contributed by atoms with Gasteiger partial charge in [0.15, 0.2) is 0 Å². The van der Waals surface area contributed by atoms with Crippen LogP contribution in [-0.2, 0) is 11.3 Å². The topological polar surface area (TPSA) is 58.8 Å². The summed E-state index contributed by atoms with van der Waals surface area (Å²) in [7, 11) is 0. The van der Waals surface area contributed by atoms with E-state index in [0.29, 0.717) is 19.7 Å². The fraction of sp³-hybridized carbons (Fsp3) is 0.267. The monoisotopic (exact) mass is 481 g/mol. The third kappa shape index (κ3) is 5.19. The third-order valence-electron chi connectivity index (χ3n) is 6.66. The van der Waals surface area contributed by atoms with Crippen molar-refractivity contribution < 1.29 is 13.9 Å². The minimum absolute atomic E-state index is 0.0362. The summed E-state index contributed by atoms with van der Waals surface area (Å²) in [5, 5.41) is 1.00. The smallest absolute Gasteiger partial charge is 0.246 e. The molecule has 0 aliphatic carbocycles. The van der Waals surface area contributed by atoms with Crippen molar-refractivity contribution in [2.45, 2.75) is 20.4 Å². The van der Waals surface area contributed by atoms with Crippen molar-refractivity contribution in [1.82, 2.24) is 14.8 Å². The molecular formula is C30H31N3O3. The number of amides is 1. The maximum atomic E-state index is 13.2. The van der Waals surface area contributed by atoms with E-state index in [2.05, 4.69) is 28.1 Å². The summed E-state index contributed by atoms with van der Waals surface area (Å²) in [6, 6.07) is 18.3. The van der Waals surface area contributed by atoms with Crippen molar-refractivity contribution in [2.75, 3.05) is 32.8 Å². The van der Waals surface area contributed by atoms with E-state index in [1.807, 2.05) is 67.5 Å². The van der Waals surface area contributed by atoms with E-state index >= 15 is 0 Å². The van der Waals surface area contributed by atoms with Gasteiger partial charge in [-0.15, -0.1) is 0 Å². The number of benzene rings is 2. The predicted octanol–water partition coefficient (Wildman–Crippen LogP) is 5.64. The van der Waals surface area contributed by atoms with Gasteiger partial charge in [0.25, 0.3) is 0 Å². The van der Waals surface area contributed by atoms with Crippen molar-refractivity contribution in [2.24, 2.45) is 0 Å². The molecule has 1 saturated heterocycles. The first-order valence-corrected chi connectivity index (χ1v) is 12.4. The molecule has 4 aromatic rings. The fourth-order valence-electron chi connectivity index (χ4n) is 4.71. The van der Waals surface area contributed by atoms with E-state index in [1.165, 1.54) is 5.56 Å². The van der Waals surface area contributed by atoms with E-state index in [9.17, 15) is 4.79 Å². The van der Waals surface area contributed by atoms with E-state index in [0.717, 1.165) is 58.6 Å². The van der Waals surface area contributed by atoms with Crippen molar-refractivity contribution in [3.63, 3.8) is 0 Å². The van der Waals surface area contributed by atoms with Gasteiger partial charge in [-0.05, 0) is 48.7 Å². The summed E-state index contributed by atoms with van der Waals surface area (Å²) in [6.07, 6.45) is 7.17. The molecule has 2 aromatic carbocycles. The number of allylic oxidation sites excluding steroid dienone is 1. The molecule has 0 radical (unpaired) electrons. The highest BCUT2D eigenvalue weighted by Gasteiger charge is 2.21. The van der Waals surface area contributed by atoms with Crippen LogP contribution in [0.3, 0.4) is 0 Å². The number of carbonyl (C=O) groups is 1. The number of hydrogen-bond donors (Lipinski definition) is 0. The van der Waals surface area contributed by atoms with Crippen molar-refractivity contribution in [3.05, 3.63) is 90.5 Å². The molecule has 6 nitrogen and oxygen atoms in total. The molecule has 5 rings (SSSR count). The van der Waals surface area contributed by atoms with E-state index in [-0.39, 0.29) is 5.91 Å². The SMILES string of the molecule is CCOc1cc2occ(-c3ccccc3)c2cc1/C(C)=C/C(=O)N1CCN(Cc2ccncc2)CC1. The standard InChI is InChI=1S/C30H31N3O3/c1-3-35-28-19-29-26(27(21-36-29)24-7-5-4-6-8-24)18-25(28)22(2)17-30(34)33-15-13-32(14-16-33)20-23-9-11-31-12-10-23/h4-12,17-19,21H,3,13-16,20H2,1-2H3/b22-17+. The third-order valence-corrected chi connectivity index (χ3v) is 6.66. The summed E-state index contributed by atoms with van der Waals surface area (Å²) in [5.74, 6) is 0.761. The predicted molar refractivity (Wildman–Crippen MR) is 143 cm³/mol. The number of hydrogen-bond acceptors (Lipinski definition) is 5. The van der Waals surface area contributed by atoms with Gasteiger partial charge in [0.2, 0.25) is 5.91 Å². The van der Waals surface area contributed by atoms with Gasteiger partial charge in [-0.25, -0.2) is 0 Å². The van der Waals surface area contributed by atoms with E-state index in [4.69, 9.17) is 9.15 Å². The van der Waals surface area contributed by atoms with Gasteiger partial charge in [0.1, 0.15) is 11.3 Å². The molecule has 0 spiro atoms. The van der Waals surface area contributed by atoms with Crippen molar-refractivity contribution in [3.8, 4) is 16.9 Å². The molecule has 3 heterocycles. The first-order chi connectivity index (χ1) is 17.6. The first-order valence-electron chi connectivity index (χ1n) is 12.4. The van der Waals surface area contributed by atoms with Crippen LogP contribution in [0, 0.1) is 0 Å². The molecule has 36 heavy (non-hydrogen) atoms. The Hall–Kier alpha value is -3.90. The molecule has 1 aliphatic heterocycles. The summed E-state index contributed by atoms with van der Waals surface area (Å²) in [4.78, 5) is 21.6. The van der Waals surface area contributed by atoms with Crippen molar-refractivity contribution in [1.29, 1.82) is 0 Å². The van der Waals surface area contributed by atoms with Gasteiger partial charge in [-0.1, -0.05) is 30.3 Å². The zero-order chi connectivity index (χ0) is 24.9. The lowest BCUT2D eigenvalue weighted by atomic mass is 9.99. The number of ether oxygens (including phenoxy) is 1. The molecule has 1 aliphatic rings. The Morgan fingerprint density at radius 2 is 1.81 bits per heavy atom. The molecule has 1 amide bonds. The van der Waals surface area contributed by atoms with Crippen LogP contribution in [-0.4, -0.2) is 53.5 Å². The van der Waals surface area contributed by atoms with Crippen LogP contribution in [0.2, 0.25) is 0 Å². The highest BCUT2D eigenvalue weighted by molar-refractivity contribution is 6.00. The summed E-state index contributed by atoms with van der Waals surface area (Å²) in [5.41, 5.74) is 5.92. The number of furan rings is 1. The Bertz CT molecular complexity index is 1350. The maximum Gasteiger partial charge on any atom is 0.246 e. The molecule has 2 aromatic heterocycles. The zero-order valence-corrected chi connectivity index (χ0v) is 20.8. The maximum absolute atomic E-state index is 13.2. The molecule has 0 saturated carbocycles. The van der Waals surface area contributed by atoms with Gasteiger partial charge < -0.3 is 14.1 Å². The quantitative estimate of drug-likeness (QED) is 0.320. The Morgan fingerprint density at radius 3 is 2.53 bits per heavy atom. The minimum atomic E-state index is 0.0362. The fourth-order valence-corrected chi connectivity index (χ4v) is 4.71. The van der Waals surface area contributed by atoms with Gasteiger partial charge in [-0.3, -0.25) is 14.7 Å². The number of rotatable bonds is 7. The van der Waals surface area contributed by atoms with Crippen LogP contribution in [0.15, 0.2) is 83.7 Å². The van der Waals surface area contributed by atoms with Crippen LogP contribution in [0.4, 0.5) is 0 Å². The van der Waals surface area contributed by atoms with Crippen LogP contribution in [0.1, 0.15) is 25.0 Å². The first kappa shape index (κ1) is 23.8. The molecule has 1 fully saturated rings. The van der Waals surface area contributed by atoms with Crippen LogP contribution in [0.5, 0.6) is 5.75 Å². The Kier molecular flexibility index (Phi) is 7.14. The summed E-state index contributed by atoms with van der Waals surface area (Å²) in [6.45, 7) is 8.48. The largest absolute Gasteiger partial charge is 0.493 e. The molecule has 0 atom stereocenters. The van der Waals surface area contributed by atoms with E-state index < -0.39 is 0 Å². The Labute approximate surface area is 211 Å².